The van der Waals surface area contributed by atoms with Gasteiger partial charge in [0.05, 0.1) is 5.69 Å². The van der Waals surface area contributed by atoms with E-state index < -0.39 is 0 Å². The molecular weight excluding hydrogens is 244 g/mol. The fraction of sp³-hybridized carbons (Fsp3) is 0.154. The van der Waals surface area contributed by atoms with Crippen molar-refractivity contribution in [1.29, 1.82) is 0 Å². The van der Waals surface area contributed by atoms with E-state index in [0.717, 1.165) is 11.3 Å². The van der Waals surface area contributed by atoms with E-state index in [9.17, 15) is 4.79 Å². The van der Waals surface area contributed by atoms with E-state index in [4.69, 9.17) is 4.74 Å². The Hall–Kier alpha value is -2.63. The molecule has 19 heavy (non-hydrogen) atoms. The molecule has 2 N–H and O–H groups in total. The van der Waals surface area contributed by atoms with Gasteiger partial charge < -0.3 is 15.4 Å². The highest BCUT2D eigenvalue weighted by Crippen LogP contribution is 2.30. The van der Waals surface area contributed by atoms with Crippen LogP contribution < -0.4 is 15.4 Å². The van der Waals surface area contributed by atoms with Crippen LogP contribution in [0.5, 0.6) is 5.75 Å². The fourth-order valence-corrected chi connectivity index (χ4v) is 1.82. The van der Waals surface area contributed by atoms with Crippen molar-refractivity contribution in [2.75, 3.05) is 17.2 Å². The third kappa shape index (κ3) is 2.62. The van der Waals surface area contributed by atoms with Gasteiger partial charge in [-0.2, -0.15) is 0 Å². The maximum atomic E-state index is 11.2. The van der Waals surface area contributed by atoms with Crippen molar-refractivity contribution in [1.82, 2.24) is 9.97 Å². The van der Waals surface area contributed by atoms with Gasteiger partial charge in [0.2, 0.25) is 0 Å². The summed E-state index contributed by atoms with van der Waals surface area (Å²) < 4.78 is 5.29. The lowest BCUT2D eigenvalue weighted by molar-refractivity contribution is -0.118. The Balaban J connectivity index is 1.72. The van der Waals surface area contributed by atoms with E-state index in [1.807, 2.05) is 18.2 Å². The van der Waals surface area contributed by atoms with Crippen LogP contribution >= 0.6 is 0 Å². The van der Waals surface area contributed by atoms with Gasteiger partial charge in [-0.3, -0.25) is 4.79 Å². The first kappa shape index (κ1) is 11.5. The molecule has 1 aromatic carbocycles. The Morgan fingerprint density at radius 2 is 2.16 bits per heavy atom. The number of carbonyl (C=O) groups excluding carboxylic acids is 1. The average molecular weight is 256 g/mol. The third-order valence-corrected chi connectivity index (χ3v) is 2.72. The zero-order valence-corrected chi connectivity index (χ0v) is 10.1. The summed E-state index contributed by atoms with van der Waals surface area (Å²) >= 11 is 0. The number of ether oxygens (including phenoxy) is 1. The molecular formula is C13H12N4O2. The fourth-order valence-electron chi connectivity index (χ4n) is 1.82. The Bertz CT molecular complexity index is 601. The van der Waals surface area contributed by atoms with Crippen molar-refractivity contribution in [3.63, 3.8) is 0 Å². The standard InChI is InChI=1S/C13H12N4O2/c18-13-7-19-12-2-1-10(3-11(12)17-13)16-6-9-4-14-8-15-5-9/h1-5,8,16H,6-7H2,(H,17,18). The molecule has 0 spiro atoms. The normalized spacial score (nSPS) is 13.2. The first-order chi connectivity index (χ1) is 9.31. The monoisotopic (exact) mass is 256 g/mol. The molecule has 1 aliphatic rings. The second kappa shape index (κ2) is 4.93. The molecule has 6 nitrogen and oxygen atoms in total. The molecule has 0 radical (unpaired) electrons. The summed E-state index contributed by atoms with van der Waals surface area (Å²) in [5, 5.41) is 6.01. The average Bonchev–Trinajstić information content (AvgIpc) is 2.46. The van der Waals surface area contributed by atoms with Crippen molar-refractivity contribution < 1.29 is 9.53 Å². The zero-order valence-electron chi connectivity index (χ0n) is 10.1. The van der Waals surface area contributed by atoms with Crippen molar-refractivity contribution in [3.05, 3.63) is 42.5 Å². The second-order valence-electron chi connectivity index (χ2n) is 4.15. The molecule has 0 atom stereocenters. The summed E-state index contributed by atoms with van der Waals surface area (Å²) in [6.45, 7) is 0.690. The number of anilines is 2. The highest BCUT2D eigenvalue weighted by molar-refractivity contribution is 5.95. The lowest BCUT2D eigenvalue weighted by Crippen LogP contribution is -2.25. The molecule has 96 valence electrons. The molecule has 0 fully saturated rings. The molecule has 2 heterocycles. The lowest BCUT2D eigenvalue weighted by Gasteiger charge is -2.18. The number of carbonyl (C=O) groups is 1. The quantitative estimate of drug-likeness (QED) is 0.868. The molecule has 0 saturated heterocycles. The molecule has 1 aliphatic heterocycles. The van der Waals surface area contributed by atoms with Gasteiger partial charge in [-0.05, 0) is 18.2 Å². The summed E-state index contributed by atoms with van der Waals surface area (Å²) in [6, 6.07) is 5.58. The summed E-state index contributed by atoms with van der Waals surface area (Å²) in [5.74, 6) is 0.550. The maximum absolute atomic E-state index is 11.2. The van der Waals surface area contributed by atoms with Crippen molar-refractivity contribution >= 4 is 17.3 Å². The molecule has 1 amide bonds. The number of aromatic nitrogens is 2. The topological polar surface area (TPSA) is 76.1 Å². The number of rotatable bonds is 3. The van der Waals surface area contributed by atoms with E-state index in [1.165, 1.54) is 6.33 Å². The number of fused-ring (bicyclic) bond motifs is 1. The van der Waals surface area contributed by atoms with E-state index in [2.05, 4.69) is 20.6 Å². The largest absolute Gasteiger partial charge is 0.482 e. The van der Waals surface area contributed by atoms with Gasteiger partial charge in [-0.15, -0.1) is 0 Å². The molecule has 6 heteroatoms. The number of nitrogens with one attached hydrogen (secondary N) is 2. The number of amides is 1. The molecule has 0 unspecified atom stereocenters. The lowest BCUT2D eigenvalue weighted by atomic mass is 10.2. The van der Waals surface area contributed by atoms with Gasteiger partial charge >= 0.3 is 0 Å². The van der Waals surface area contributed by atoms with Crippen molar-refractivity contribution in [2.24, 2.45) is 0 Å². The van der Waals surface area contributed by atoms with Crippen LogP contribution in [0, 0.1) is 0 Å². The van der Waals surface area contributed by atoms with Crippen LogP contribution in [0.25, 0.3) is 0 Å². The van der Waals surface area contributed by atoms with Crippen LogP contribution in [-0.4, -0.2) is 22.5 Å². The van der Waals surface area contributed by atoms with Gasteiger partial charge in [-0.1, -0.05) is 0 Å². The van der Waals surface area contributed by atoms with Gasteiger partial charge in [-0.25, -0.2) is 9.97 Å². The minimum atomic E-state index is -0.138. The molecule has 1 aromatic heterocycles. The number of nitrogens with zero attached hydrogens (tertiary/aromatic N) is 2. The summed E-state index contributed by atoms with van der Waals surface area (Å²) in [7, 11) is 0. The molecule has 0 saturated carbocycles. The third-order valence-electron chi connectivity index (χ3n) is 2.72. The Kier molecular flexibility index (Phi) is 2.97. The number of hydrogen-bond donors (Lipinski definition) is 2. The van der Waals surface area contributed by atoms with Crippen molar-refractivity contribution in [2.45, 2.75) is 6.54 Å². The van der Waals surface area contributed by atoms with Gasteiger partial charge in [0, 0.05) is 30.2 Å². The van der Waals surface area contributed by atoms with Crippen LogP contribution in [0.2, 0.25) is 0 Å². The second-order valence-corrected chi connectivity index (χ2v) is 4.15. The maximum Gasteiger partial charge on any atom is 0.262 e. The van der Waals surface area contributed by atoms with E-state index in [0.29, 0.717) is 18.0 Å². The smallest absolute Gasteiger partial charge is 0.262 e. The van der Waals surface area contributed by atoms with Crippen LogP contribution in [0.4, 0.5) is 11.4 Å². The highest BCUT2D eigenvalue weighted by atomic mass is 16.5. The first-order valence-corrected chi connectivity index (χ1v) is 5.86. The predicted octanol–water partition coefficient (Wildman–Crippen LogP) is 1.42. The zero-order chi connectivity index (χ0) is 13.1. The van der Waals surface area contributed by atoms with E-state index in [1.54, 1.807) is 12.4 Å². The molecule has 0 aliphatic carbocycles. The predicted molar refractivity (Wildman–Crippen MR) is 69.9 cm³/mol. The number of hydrogen-bond acceptors (Lipinski definition) is 5. The van der Waals surface area contributed by atoms with Crippen molar-refractivity contribution in [3.8, 4) is 5.75 Å². The molecule has 0 bridgehead atoms. The number of benzene rings is 1. The van der Waals surface area contributed by atoms with Crippen LogP contribution in [-0.2, 0) is 11.3 Å². The van der Waals surface area contributed by atoms with Crippen LogP contribution in [0.15, 0.2) is 36.9 Å². The molecule has 3 rings (SSSR count). The Morgan fingerprint density at radius 3 is 3.00 bits per heavy atom. The summed E-state index contributed by atoms with van der Waals surface area (Å²) in [4.78, 5) is 19.1. The Labute approximate surface area is 109 Å². The Morgan fingerprint density at radius 1 is 1.32 bits per heavy atom. The van der Waals surface area contributed by atoms with Gasteiger partial charge in [0.1, 0.15) is 12.1 Å². The van der Waals surface area contributed by atoms with E-state index >= 15 is 0 Å². The SMILES string of the molecule is O=C1COc2ccc(NCc3cncnc3)cc2N1. The van der Waals surface area contributed by atoms with Crippen LogP contribution in [0.3, 0.4) is 0 Å². The van der Waals surface area contributed by atoms with Gasteiger partial charge in [0.15, 0.2) is 6.61 Å². The molecule has 2 aromatic rings. The minimum Gasteiger partial charge on any atom is -0.482 e. The highest BCUT2D eigenvalue weighted by Gasteiger charge is 2.15. The van der Waals surface area contributed by atoms with Crippen LogP contribution in [0.1, 0.15) is 5.56 Å². The summed E-state index contributed by atoms with van der Waals surface area (Å²) in [5.41, 5.74) is 2.57. The minimum absolute atomic E-state index is 0.0706. The first-order valence-electron chi connectivity index (χ1n) is 5.86. The summed E-state index contributed by atoms with van der Waals surface area (Å²) in [6.07, 6.45) is 5.00. The van der Waals surface area contributed by atoms with E-state index in [-0.39, 0.29) is 12.5 Å². The van der Waals surface area contributed by atoms with Gasteiger partial charge in [0.25, 0.3) is 5.91 Å².